The lowest BCUT2D eigenvalue weighted by molar-refractivity contribution is -0.433. The Morgan fingerprint density at radius 1 is 0.861 bits per heavy atom. The molecule has 2 aromatic carbocycles. The lowest BCUT2D eigenvalue weighted by atomic mass is 9.96. The van der Waals surface area contributed by atoms with Gasteiger partial charge >= 0.3 is 6.09 Å². The number of fused-ring (bicyclic) bond motifs is 2. The third kappa shape index (κ3) is 14.2. The Kier molecular flexibility index (Phi) is 20.2. The van der Waals surface area contributed by atoms with Gasteiger partial charge < -0.3 is 86.2 Å². The Bertz CT molecular complexity index is 2300. The fourth-order valence-corrected chi connectivity index (χ4v) is 8.49. The Balaban J connectivity index is 1.57. The Hall–Kier alpha value is -6.43. The number of amides is 7. The van der Waals surface area contributed by atoms with Gasteiger partial charge in [0.2, 0.25) is 35.4 Å². The number of carbonyl (C=O) groups is 7. The molecule has 3 aliphatic rings. The molecule has 3 aliphatic heterocycles. The first-order valence-electron chi connectivity index (χ1n) is 22.2. The van der Waals surface area contributed by atoms with E-state index >= 15 is 0 Å². The summed E-state index contributed by atoms with van der Waals surface area (Å²) in [7, 11) is 0. The van der Waals surface area contributed by atoms with Crippen molar-refractivity contribution in [2.75, 3.05) is 19.6 Å². The first-order chi connectivity index (χ1) is 34.2. The molecule has 14 atom stereocenters. The topological polar surface area (TPSA) is 429 Å². The largest absolute Gasteiger partial charge is 0.504 e. The zero-order valence-electron chi connectivity index (χ0n) is 38.4. The molecule has 0 aliphatic carbocycles. The average molecular weight is 1040 g/mol. The van der Waals surface area contributed by atoms with Gasteiger partial charge in [-0.05, 0) is 30.2 Å². The maximum absolute atomic E-state index is 14.5. The molecular formula is C43H56N8O20S. The lowest BCUT2D eigenvalue weighted by Gasteiger charge is -2.34. The van der Waals surface area contributed by atoms with Gasteiger partial charge in [-0.25, -0.2) is 10.1 Å². The van der Waals surface area contributed by atoms with Crippen LogP contribution < -0.4 is 30.8 Å². The van der Waals surface area contributed by atoms with E-state index in [2.05, 4.69) is 36.0 Å². The predicted molar refractivity (Wildman–Crippen MR) is 240 cm³/mol. The highest BCUT2D eigenvalue weighted by atomic mass is 32.2. The van der Waals surface area contributed by atoms with E-state index in [1.165, 1.54) is 6.92 Å². The van der Waals surface area contributed by atoms with E-state index < -0.39 is 177 Å². The monoisotopic (exact) mass is 1040 g/mol. The molecule has 0 radical (unpaired) electrons. The lowest BCUT2D eigenvalue weighted by Crippen LogP contribution is -2.64. The molecule has 3 heterocycles. The number of alkyl carbamates (subject to hydrolysis) is 1. The molecule has 14 N–H and O–H groups in total. The van der Waals surface area contributed by atoms with E-state index in [0.717, 1.165) is 34.9 Å². The number of β-amino-alcohol motifs (C(OH)–C–C–N with tert-alkyl or cyclic N) is 1. The number of nitrogens with zero attached hydrogens (tertiary/aromatic N) is 3. The fraction of sp³-hybridized carbons (Fsp3) is 0.535. The number of phenolic OH excluding ortho intramolecular Hbond substituents is 1. The Labute approximate surface area is 414 Å². The van der Waals surface area contributed by atoms with Crippen LogP contribution in [0.5, 0.6) is 11.5 Å². The summed E-state index contributed by atoms with van der Waals surface area (Å²) in [5.41, 5.74) is 0.220. The van der Waals surface area contributed by atoms with Crippen LogP contribution in [0.2, 0.25) is 0 Å². The minimum atomic E-state index is -2.48. The number of carbonyl (C=O) groups excluding carboxylic acids is 7. The van der Waals surface area contributed by atoms with Gasteiger partial charge in [0.1, 0.15) is 55.1 Å². The van der Waals surface area contributed by atoms with Crippen molar-refractivity contribution in [3.05, 3.63) is 59.7 Å². The third-order valence-electron chi connectivity index (χ3n) is 12.0. The first kappa shape index (κ1) is 56.5. The number of ether oxygens (including phenoxy) is 1. The summed E-state index contributed by atoms with van der Waals surface area (Å²) >= 11 is -0.0137. The predicted octanol–water partition coefficient (Wildman–Crippen LogP) is -4.40. The van der Waals surface area contributed by atoms with Crippen molar-refractivity contribution in [2.24, 2.45) is 5.92 Å². The number of aliphatic hydroxyl groups excluding tert-OH is 7. The second-order valence-corrected chi connectivity index (χ2v) is 17.7. The number of phenols is 1. The molecule has 28 nitrogen and oxygen atoms in total. The molecule has 5 rings (SSSR count). The Morgan fingerprint density at radius 2 is 1.53 bits per heavy atom. The van der Waals surface area contributed by atoms with E-state index in [1.807, 2.05) is 0 Å². The minimum absolute atomic E-state index is 0.0137. The van der Waals surface area contributed by atoms with Crippen molar-refractivity contribution in [3.8, 4) is 17.6 Å². The zero-order chi connectivity index (χ0) is 53.0. The molecule has 7 amide bonds. The van der Waals surface area contributed by atoms with E-state index in [9.17, 15) is 79.7 Å². The van der Waals surface area contributed by atoms with Crippen molar-refractivity contribution in [3.63, 3.8) is 0 Å². The smallest absolute Gasteiger partial charge is 0.408 e. The van der Waals surface area contributed by atoms with E-state index in [-0.39, 0.29) is 24.5 Å². The SMILES string of the molecule is CC(O)C1NC(=O)[C@@H](NC(=O)OCc2ccccc2)C[C@H](O)CNC(=O)C2[C@@H](O)C(C)CN2C(=O)[C@H]([C@H](O)CC#N)NC(=O)C([C@H](O)[C@@H](O)c2ccc(O)c(OSOOO)c2)NC(=O)C2CC(O)CN2C1=O. The molecule has 2 aromatic rings. The summed E-state index contributed by atoms with van der Waals surface area (Å²) in [5.74, 6) is -9.56. The normalized spacial score (nSPS) is 28.6. The van der Waals surface area contributed by atoms with Crippen molar-refractivity contribution in [2.45, 2.75) is 119 Å². The number of aliphatic hydroxyl groups is 7. The van der Waals surface area contributed by atoms with Crippen LogP contribution in [0.4, 0.5) is 4.79 Å². The van der Waals surface area contributed by atoms with E-state index in [0.29, 0.717) is 5.56 Å². The van der Waals surface area contributed by atoms with Gasteiger partial charge in [-0.1, -0.05) is 52.7 Å². The van der Waals surface area contributed by atoms with Gasteiger partial charge in [-0.2, -0.15) is 5.26 Å². The second-order valence-electron chi connectivity index (χ2n) is 17.3. The number of nitrogens with one attached hydrogen (secondary N) is 5. The van der Waals surface area contributed by atoms with Crippen LogP contribution in [0.3, 0.4) is 0 Å². The summed E-state index contributed by atoms with van der Waals surface area (Å²) in [5, 5.41) is 121. The summed E-state index contributed by atoms with van der Waals surface area (Å²) in [6.45, 7) is 0.524. The number of rotatable bonds is 13. The molecule has 0 aromatic heterocycles. The summed E-state index contributed by atoms with van der Waals surface area (Å²) in [4.78, 5) is 100. The number of benzene rings is 2. The van der Waals surface area contributed by atoms with Crippen LogP contribution >= 0.6 is 12.3 Å². The maximum atomic E-state index is 14.5. The van der Waals surface area contributed by atoms with Crippen LogP contribution in [0.15, 0.2) is 48.5 Å². The number of nitriles is 1. The van der Waals surface area contributed by atoms with Gasteiger partial charge in [0.15, 0.2) is 11.5 Å². The average Bonchev–Trinajstić information content (AvgIpc) is 3.89. The second kappa shape index (κ2) is 25.8. The third-order valence-corrected chi connectivity index (χ3v) is 12.4. The van der Waals surface area contributed by atoms with Crippen LogP contribution in [-0.2, 0) is 49.5 Å². The first-order valence-corrected chi connectivity index (χ1v) is 22.9. The standard InChI is InChI=1S/C43H56N8O20S/c1-19-16-51-33(34(19)57)40(63)45-15-23(53)13-25(46-43(66)68-18-21-6-4-3-5-7-21)37(60)47-30(20(2)52)41(64)50-17-24(54)14-26(50)38(61)49-32(39(62)48-31(42(51)65)28(56)10-11-44)36(59)35(58)22-8-9-27(55)29(12-22)69-72-71-70-67/h3-9,12,19-20,23-26,28,30-36,52-59,67H,10,13-18H2,1-2H3,(H,45,63)(H,46,66)(H,47,60)(H,48,62)(H,49,61)/t19?,20?,23-,24?,25-,26?,28+,30?,31-,32?,33?,34-,35-,36-/m0/s1. The van der Waals surface area contributed by atoms with Gasteiger partial charge in [-0.15, -0.1) is 0 Å². The van der Waals surface area contributed by atoms with E-state index in [1.54, 1.807) is 36.4 Å². The molecule has 3 saturated heterocycles. The minimum Gasteiger partial charge on any atom is -0.504 e. The molecule has 29 heteroatoms. The van der Waals surface area contributed by atoms with Crippen molar-refractivity contribution in [1.82, 2.24) is 36.4 Å². The quantitative estimate of drug-likeness (QED) is 0.0390. The zero-order valence-corrected chi connectivity index (χ0v) is 39.2. The van der Waals surface area contributed by atoms with Crippen molar-refractivity contribution >= 4 is 53.9 Å². The summed E-state index contributed by atoms with van der Waals surface area (Å²) in [6, 6.07) is 0.957. The highest BCUT2D eigenvalue weighted by Gasteiger charge is 2.50. The molecule has 394 valence electrons. The van der Waals surface area contributed by atoms with Gasteiger partial charge in [-0.3, -0.25) is 28.8 Å². The van der Waals surface area contributed by atoms with Gasteiger partial charge in [0.25, 0.3) is 12.3 Å². The molecule has 7 unspecified atom stereocenters. The van der Waals surface area contributed by atoms with Crippen molar-refractivity contribution in [1.29, 1.82) is 5.26 Å². The summed E-state index contributed by atoms with van der Waals surface area (Å²) < 4.78 is 14.4. The van der Waals surface area contributed by atoms with Gasteiger partial charge in [0.05, 0.1) is 43.0 Å². The molecule has 0 spiro atoms. The van der Waals surface area contributed by atoms with Crippen LogP contribution in [0.25, 0.3) is 0 Å². The summed E-state index contributed by atoms with van der Waals surface area (Å²) in [6.07, 6.45) is -16.7. The highest BCUT2D eigenvalue weighted by Crippen LogP contribution is 2.34. The molecule has 0 bridgehead atoms. The van der Waals surface area contributed by atoms with E-state index in [4.69, 9.17) is 14.2 Å². The number of aromatic hydroxyl groups is 1. The molecule has 72 heavy (non-hydrogen) atoms. The fourth-order valence-electron chi connectivity index (χ4n) is 8.23. The highest BCUT2D eigenvalue weighted by molar-refractivity contribution is 7.90. The van der Waals surface area contributed by atoms with Crippen LogP contribution in [0.1, 0.15) is 50.3 Å². The maximum Gasteiger partial charge on any atom is 0.408 e. The number of hydrogen-bond acceptors (Lipinski definition) is 22. The van der Waals surface area contributed by atoms with Gasteiger partial charge in [0, 0.05) is 38.4 Å². The van der Waals surface area contributed by atoms with Crippen molar-refractivity contribution < 1.29 is 98.0 Å². The Morgan fingerprint density at radius 3 is 2.19 bits per heavy atom. The van der Waals surface area contributed by atoms with Crippen LogP contribution in [0, 0.1) is 17.2 Å². The van der Waals surface area contributed by atoms with Crippen LogP contribution in [-0.4, -0.2) is 190 Å². The number of hydrogen-bond donors (Lipinski definition) is 14. The molecule has 0 saturated carbocycles. The molecular weight excluding hydrogens is 981 g/mol. The molecule has 3 fully saturated rings.